The summed E-state index contributed by atoms with van der Waals surface area (Å²) in [5.41, 5.74) is 4.71. The van der Waals surface area contributed by atoms with Crippen molar-refractivity contribution >= 4 is 5.91 Å². The van der Waals surface area contributed by atoms with E-state index >= 15 is 0 Å². The molecule has 0 aliphatic heterocycles. The Hall–Kier alpha value is -3.09. The number of carbonyl (C=O) groups excluding carboxylic acids is 1. The number of nitrogens with one attached hydrogen (secondary N) is 1. The number of aryl methyl sites for hydroxylation is 2. The van der Waals surface area contributed by atoms with Crippen LogP contribution in [0.25, 0.3) is 0 Å². The van der Waals surface area contributed by atoms with E-state index < -0.39 is 0 Å². The zero-order chi connectivity index (χ0) is 19.6. The van der Waals surface area contributed by atoms with Crippen molar-refractivity contribution in [1.82, 2.24) is 20.3 Å². The largest absolute Gasteiger partial charge is 0.497 e. The molecule has 0 unspecified atom stereocenters. The van der Waals surface area contributed by atoms with E-state index in [1.807, 2.05) is 56.8 Å². The second-order valence-electron chi connectivity index (χ2n) is 6.61. The Morgan fingerprint density at radius 3 is 2.59 bits per heavy atom. The van der Waals surface area contributed by atoms with Crippen molar-refractivity contribution in [2.24, 2.45) is 7.05 Å². The summed E-state index contributed by atoms with van der Waals surface area (Å²) in [5.74, 6) is 0.706. The molecule has 142 valence electrons. The van der Waals surface area contributed by atoms with Crippen LogP contribution in [-0.4, -0.2) is 28.0 Å². The monoisotopic (exact) mass is 368 g/mol. The van der Waals surface area contributed by atoms with Crippen LogP contribution in [0.1, 0.15) is 51.7 Å². The maximum atomic E-state index is 12.5. The molecule has 2 heterocycles. The zero-order valence-electron chi connectivity index (χ0n) is 16.2. The van der Waals surface area contributed by atoms with Gasteiger partial charge in [-0.1, -0.05) is 17.3 Å². The van der Waals surface area contributed by atoms with E-state index in [0.717, 1.165) is 28.3 Å². The second kappa shape index (κ2) is 7.65. The number of benzene rings is 1. The maximum absolute atomic E-state index is 12.5. The molecular weight excluding hydrogens is 344 g/mol. The molecule has 0 aliphatic rings. The number of methoxy groups -OCH3 is 1. The summed E-state index contributed by atoms with van der Waals surface area (Å²) in [5, 5.41) is 11.4. The minimum Gasteiger partial charge on any atom is -0.497 e. The second-order valence-corrected chi connectivity index (χ2v) is 6.61. The number of aromatic nitrogens is 3. The van der Waals surface area contributed by atoms with Gasteiger partial charge in [-0.3, -0.25) is 9.48 Å². The maximum Gasteiger partial charge on any atom is 0.290 e. The van der Waals surface area contributed by atoms with E-state index in [1.54, 1.807) is 13.2 Å². The van der Waals surface area contributed by atoms with Gasteiger partial charge in [-0.25, -0.2) is 0 Å². The molecule has 3 aromatic rings. The number of ether oxygens (including phenoxy) is 1. The van der Waals surface area contributed by atoms with Crippen molar-refractivity contribution in [2.75, 3.05) is 7.11 Å². The first kappa shape index (κ1) is 18.7. The number of amides is 1. The summed E-state index contributed by atoms with van der Waals surface area (Å²) < 4.78 is 12.2. The van der Waals surface area contributed by atoms with Crippen LogP contribution < -0.4 is 10.1 Å². The molecule has 27 heavy (non-hydrogen) atoms. The average molecular weight is 368 g/mol. The summed E-state index contributed by atoms with van der Waals surface area (Å²) in [6.45, 7) is 5.86. The van der Waals surface area contributed by atoms with Gasteiger partial charge in [0.05, 0.1) is 24.5 Å². The Morgan fingerprint density at radius 1 is 1.30 bits per heavy atom. The van der Waals surface area contributed by atoms with Crippen LogP contribution in [-0.2, 0) is 13.5 Å². The third-order valence-corrected chi connectivity index (χ3v) is 4.67. The smallest absolute Gasteiger partial charge is 0.290 e. The molecule has 7 nitrogen and oxygen atoms in total. The molecule has 7 heteroatoms. The predicted molar refractivity (Wildman–Crippen MR) is 101 cm³/mol. The topological polar surface area (TPSA) is 82.2 Å². The Balaban J connectivity index is 1.67. The van der Waals surface area contributed by atoms with E-state index in [4.69, 9.17) is 9.26 Å². The molecule has 0 bridgehead atoms. The highest BCUT2D eigenvalue weighted by Crippen LogP contribution is 2.21. The standard InChI is InChI=1S/C20H24N4O3/c1-12(19-13(2)22-24(4)14(19)3)21-20(25)18-11-16(23-27-18)10-15-6-8-17(26-5)9-7-15/h6-9,11-12H,10H2,1-5H3,(H,21,25)/t12-/m1/s1. The molecule has 0 fully saturated rings. The molecule has 0 aliphatic carbocycles. The zero-order valence-corrected chi connectivity index (χ0v) is 16.2. The van der Waals surface area contributed by atoms with Crippen LogP contribution in [0.15, 0.2) is 34.9 Å². The van der Waals surface area contributed by atoms with Gasteiger partial charge < -0.3 is 14.6 Å². The Kier molecular flexibility index (Phi) is 5.30. The minimum absolute atomic E-state index is 0.179. The highest BCUT2D eigenvalue weighted by molar-refractivity contribution is 5.91. The van der Waals surface area contributed by atoms with E-state index in [0.29, 0.717) is 12.1 Å². The van der Waals surface area contributed by atoms with E-state index in [9.17, 15) is 4.79 Å². The van der Waals surface area contributed by atoms with E-state index in [1.165, 1.54) is 0 Å². The van der Waals surface area contributed by atoms with Crippen LogP contribution in [0.2, 0.25) is 0 Å². The molecule has 2 aromatic heterocycles. The fourth-order valence-electron chi connectivity index (χ4n) is 3.21. The van der Waals surface area contributed by atoms with Crippen molar-refractivity contribution in [3.05, 3.63) is 64.3 Å². The van der Waals surface area contributed by atoms with Crippen molar-refractivity contribution in [3.63, 3.8) is 0 Å². The predicted octanol–water partition coefficient (Wildman–Crippen LogP) is 3.12. The summed E-state index contributed by atoms with van der Waals surface area (Å²) >= 11 is 0. The highest BCUT2D eigenvalue weighted by atomic mass is 16.5. The van der Waals surface area contributed by atoms with Crippen LogP contribution >= 0.6 is 0 Å². The molecule has 0 saturated heterocycles. The number of hydrogen-bond acceptors (Lipinski definition) is 5. The van der Waals surface area contributed by atoms with Crippen LogP contribution in [0, 0.1) is 13.8 Å². The van der Waals surface area contributed by atoms with Gasteiger partial charge in [0, 0.05) is 30.8 Å². The number of nitrogens with zero attached hydrogens (tertiary/aromatic N) is 3. The molecule has 3 rings (SSSR count). The lowest BCUT2D eigenvalue weighted by molar-refractivity contribution is 0.0902. The average Bonchev–Trinajstić information content (AvgIpc) is 3.20. The van der Waals surface area contributed by atoms with Gasteiger partial charge in [0.15, 0.2) is 0 Å². The van der Waals surface area contributed by atoms with Crippen LogP contribution in [0.3, 0.4) is 0 Å². The van der Waals surface area contributed by atoms with Gasteiger partial charge in [0.1, 0.15) is 5.75 Å². The molecule has 1 atom stereocenters. The lowest BCUT2D eigenvalue weighted by Gasteiger charge is -2.13. The summed E-state index contributed by atoms with van der Waals surface area (Å²) in [6, 6.07) is 9.20. The molecule has 0 spiro atoms. The van der Waals surface area contributed by atoms with Crippen LogP contribution in [0.4, 0.5) is 0 Å². The van der Waals surface area contributed by atoms with Gasteiger partial charge in [-0.2, -0.15) is 5.10 Å². The summed E-state index contributed by atoms with van der Waals surface area (Å²) in [4.78, 5) is 12.5. The van der Waals surface area contributed by atoms with Gasteiger partial charge in [-0.15, -0.1) is 0 Å². The van der Waals surface area contributed by atoms with Crippen LogP contribution in [0.5, 0.6) is 5.75 Å². The normalized spacial score (nSPS) is 12.0. The van der Waals surface area contributed by atoms with E-state index in [-0.39, 0.29) is 17.7 Å². The quantitative estimate of drug-likeness (QED) is 0.723. The summed E-state index contributed by atoms with van der Waals surface area (Å²) in [6.07, 6.45) is 0.581. The molecular formula is C20H24N4O3. The highest BCUT2D eigenvalue weighted by Gasteiger charge is 2.21. The lowest BCUT2D eigenvalue weighted by Crippen LogP contribution is -2.27. The number of hydrogen-bond donors (Lipinski definition) is 1. The Morgan fingerprint density at radius 2 is 2.00 bits per heavy atom. The Labute approximate surface area is 158 Å². The Bertz CT molecular complexity index is 941. The molecule has 1 N–H and O–H groups in total. The van der Waals surface area contributed by atoms with Crippen molar-refractivity contribution < 1.29 is 14.1 Å². The minimum atomic E-state index is -0.293. The van der Waals surface area contributed by atoms with Crippen molar-refractivity contribution in [2.45, 2.75) is 33.2 Å². The first-order valence-corrected chi connectivity index (χ1v) is 8.78. The number of rotatable bonds is 6. The third kappa shape index (κ3) is 4.02. The van der Waals surface area contributed by atoms with Gasteiger partial charge >= 0.3 is 0 Å². The van der Waals surface area contributed by atoms with Gasteiger partial charge in [-0.05, 0) is 38.5 Å². The first-order valence-electron chi connectivity index (χ1n) is 8.78. The summed E-state index contributed by atoms with van der Waals surface area (Å²) in [7, 11) is 3.52. The first-order chi connectivity index (χ1) is 12.9. The lowest BCUT2D eigenvalue weighted by atomic mass is 10.1. The van der Waals surface area contributed by atoms with Crippen molar-refractivity contribution in [1.29, 1.82) is 0 Å². The fraction of sp³-hybridized carbons (Fsp3) is 0.350. The molecule has 0 radical (unpaired) electrons. The third-order valence-electron chi connectivity index (χ3n) is 4.67. The number of carbonyl (C=O) groups is 1. The van der Waals surface area contributed by atoms with Gasteiger partial charge in [0.25, 0.3) is 5.91 Å². The van der Waals surface area contributed by atoms with E-state index in [2.05, 4.69) is 15.6 Å². The molecule has 1 aromatic carbocycles. The van der Waals surface area contributed by atoms with Crippen molar-refractivity contribution in [3.8, 4) is 5.75 Å². The van der Waals surface area contributed by atoms with Gasteiger partial charge in [0.2, 0.25) is 5.76 Å². The fourth-order valence-corrected chi connectivity index (χ4v) is 3.21. The SMILES string of the molecule is COc1ccc(Cc2cc(C(=O)N[C@H](C)c3c(C)nn(C)c3C)on2)cc1. The molecule has 0 saturated carbocycles. The molecule has 1 amide bonds.